The second-order valence-electron chi connectivity index (χ2n) is 14.6. The molecule has 13 heteroatoms. The third-order valence-electron chi connectivity index (χ3n) is 10.4. The molecular formula is C40H51N5O7S. The van der Waals surface area contributed by atoms with E-state index in [0.29, 0.717) is 43.8 Å². The highest BCUT2D eigenvalue weighted by molar-refractivity contribution is 7.90. The Bertz CT molecular complexity index is 1860. The highest BCUT2D eigenvalue weighted by Crippen LogP contribution is 2.30. The third-order valence-corrected chi connectivity index (χ3v) is 11.4. The number of unbranched alkanes of at least 4 members (excludes halogenated alkanes) is 1. The molecule has 0 aromatic heterocycles. The van der Waals surface area contributed by atoms with Crippen LogP contribution in [-0.4, -0.2) is 91.0 Å². The van der Waals surface area contributed by atoms with Crippen molar-refractivity contribution in [3.8, 4) is 11.8 Å². The molecule has 53 heavy (non-hydrogen) atoms. The number of piperidine rings is 2. The largest absolute Gasteiger partial charge is 0.343 e. The molecule has 2 saturated heterocycles. The standard InChI is InChI=1S/C40H51N5O7S/c1-3-4-8-27-13-15-29(16-14-27)25-34(42-37(47)33(41)21-24-53(2,51)52)40(50)44-22-19-28(20-23-44)9-5-6-10-30-11-7-12-31-32(30)26-45(39(31)49)35-17-18-36(46)43-38(35)48/h7,11-16,28,33-35H,3-5,8-9,17-26,41H2,1-2H3,(H,42,47)(H,43,46,48)/t33-,34-,35?/m0/s1. The molecule has 284 valence electrons. The summed E-state index contributed by atoms with van der Waals surface area (Å²) < 4.78 is 23.3. The highest BCUT2D eigenvalue weighted by Gasteiger charge is 2.39. The van der Waals surface area contributed by atoms with E-state index >= 15 is 0 Å². The number of hydrogen-bond acceptors (Lipinski definition) is 8. The number of sulfone groups is 1. The number of likely N-dealkylation sites (tertiary alicyclic amines) is 1. The van der Waals surface area contributed by atoms with Crippen molar-refractivity contribution in [2.45, 2.75) is 102 Å². The number of carbonyl (C=O) groups is 5. The van der Waals surface area contributed by atoms with Gasteiger partial charge in [0.15, 0.2) is 0 Å². The lowest BCUT2D eigenvalue weighted by Crippen LogP contribution is -2.54. The van der Waals surface area contributed by atoms with E-state index in [1.165, 1.54) is 10.5 Å². The van der Waals surface area contributed by atoms with Crippen molar-refractivity contribution in [2.24, 2.45) is 11.7 Å². The van der Waals surface area contributed by atoms with Crippen LogP contribution in [0.25, 0.3) is 0 Å². The van der Waals surface area contributed by atoms with Crippen molar-refractivity contribution in [2.75, 3.05) is 25.1 Å². The molecular weight excluding hydrogens is 695 g/mol. The number of nitrogens with one attached hydrogen (secondary N) is 2. The number of rotatable bonds is 14. The van der Waals surface area contributed by atoms with Crippen molar-refractivity contribution < 1.29 is 32.4 Å². The maximum absolute atomic E-state index is 13.9. The smallest absolute Gasteiger partial charge is 0.255 e. The summed E-state index contributed by atoms with van der Waals surface area (Å²) in [6.45, 7) is 3.51. The SMILES string of the molecule is CCCCc1ccc(C[C@H](NC(=O)[C@@H](N)CCS(C)(=O)=O)C(=O)N2CCC(CCC#Cc3cccc4c3CN(C3CCC(=O)NC3=O)C4=O)CC2)cc1. The molecule has 5 amide bonds. The number of fused-ring (bicyclic) bond motifs is 1. The number of nitrogens with two attached hydrogens (primary N) is 1. The maximum atomic E-state index is 13.9. The Hall–Kier alpha value is -4.54. The number of hydrogen-bond donors (Lipinski definition) is 3. The average Bonchev–Trinajstić information content (AvgIpc) is 3.47. The van der Waals surface area contributed by atoms with Crippen LogP contribution in [0.4, 0.5) is 0 Å². The van der Waals surface area contributed by atoms with E-state index in [1.54, 1.807) is 17.0 Å². The fourth-order valence-corrected chi connectivity index (χ4v) is 7.89. The molecule has 0 aliphatic carbocycles. The van der Waals surface area contributed by atoms with E-state index in [-0.39, 0.29) is 42.9 Å². The molecule has 0 spiro atoms. The first kappa shape index (κ1) is 39.7. The van der Waals surface area contributed by atoms with Crippen LogP contribution in [0.5, 0.6) is 0 Å². The zero-order valence-corrected chi connectivity index (χ0v) is 31.5. The van der Waals surface area contributed by atoms with Crippen LogP contribution in [0.3, 0.4) is 0 Å². The molecule has 5 rings (SSSR count). The molecule has 2 aromatic carbocycles. The number of carbonyl (C=O) groups excluding carboxylic acids is 5. The predicted molar refractivity (Wildman–Crippen MR) is 201 cm³/mol. The molecule has 0 saturated carbocycles. The van der Waals surface area contributed by atoms with Crippen LogP contribution in [0.2, 0.25) is 0 Å². The van der Waals surface area contributed by atoms with Gasteiger partial charge in [0.25, 0.3) is 5.91 Å². The van der Waals surface area contributed by atoms with Gasteiger partial charge in [0.1, 0.15) is 21.9 Å². The summed E-state index contributed by atoms with van der Waals surface area (Å²) in [4.78, 5) is 67.4. The quantitative estimate of drug-likeness (QED) is 0.195. The van der Waals surface area contributed by atoms with Crippen LogP contribution in [0, 0.1) is 17.8 Å². The van der Waals surface area contributed by atoms with Crippen LogP contribution in [-0.2, 0) is 48.4 Å². The topological polar surface area (TPSA) is 176 Å². The average molecular weight is 746 g/mol. The van der Waals surface area contributed by atoms with Gasteiger partial charge in [-0.15, -0.1) is 0 Å². The lowest BCUT2D eigenvalue weighted by molar-refractivity contribution is -0.138. The Morgan fingerprint density at radius 1 is 1.04 bits per heavy atom. The number of imide groups is 1. The highest BCUT2D eigenvalue weighted by atomic mass is 32.2. The first-order chi connectivity index (χ1) is 25.3. The van der Waals surface area contributed by atoms with E-state index in [9.17, 15) is 32.4 Å². The van der Waals surface area contributed by atoms with Crippen molar-refractivity contribution in [3.63, 3.8) is 0 Å². The first-order valence-electron chi connectivity index (χ1n) is 18.7. The maximum Gasteiger partial charge on any atom is 0.255 e. The Labute approximate surface area is 312 Å². The van der Waals surface area contributed by atoms with Crippen molar-refractivity contribution in [3.05, 3.63) is 70.3 Å². The molecule has 12 nitrogen and oxygen atoms in total. The van der Waals surface area contributed by atoms with Gasteiger partial charge in [0.2, 0.25) is 23.6 Å². The van der Waals surface area contributed by atoms with E-state index < -0.39 is 39.8 Å². The van der Waals surface area contributed by atoms with E-state index in [2.05, 4.69) is 41.5 Å². The summed E-state index contributed by atoms with van der Waals surface area (Å²) in [6, 6.07) is 11.0. The number of amides is 5. The van der Waals surface area contributed by atoms with Crippen LogP contribution in [0.1, 0.15) is 97.3 Å². The second kappa shape index (κ2) is 18.0. The van der Waals surface area contributed by atoms with E-state index in [1.807, 2.05) is 18.2 Å². The minimum Gasteiger partial charge on any atom is -0.343 e. The predicted octanol–water partition coefficient (Wildman–Crippen LogP) is 2.65. The third kappa shape index (κ3) is 10.8. The summed E-state index contributed by atoms with van der Waals surface area (Å²) in [5, 5.41) is 5.17. The Kier molecular flexibility index (Phi) is 13.5. The zero-order valence-electron chi connectivity index (χ0n) is 30.7. The summed E-state index contributed by atoms with van der Waals surface area (Å²) in [7, 11) is -3.29. The monoisotopic (exact) mass is 745 g/mol. The van der Waals surface area contributed by atoms with Crippen LogP contribution >= 0.6 is 0 Å². The lowest BCUT2D eigenvalue weighted by Gasteiger charge is -2.34. The number of aryl methyl sites for hydroxylation is 1. The Balaban J connectivity index is 1.16. The fraction of sp³-hybridized carbons (Fsp3) is 0.525. The van der Waals surface area contributed by atoms with E-state index in [4.69, 9.17) is 5.73 Å². The molecule has 1 unspecified atom stereocenters. The molecule has 3 aliphatic rings. The van der Waals surface area contributed by atoms with Gasteiger partial charge in [0, 0.05) is 56.3 Å². The first-order valence-corrected chi connectivity index (χ1v) is 20.7. The summed E-state index contributed by atoms with van der Waals surface area (Å²) in [5.41, 5.74) is 10.3. The van der Waals surface area contributed by atoms with Crippen molar-refractivity contribution >= 4 is 39.4 Å². The van der Waals surface area contributed by atoms with Gasteiger partial charge in [-0.1, -0.05) is 55.5 Å². The molecule has 0 radical (unpaired) electrons. The minimum absolute atomic E-state index is 0.0301. The van der Waals surface area contributed by atoms with Gasteiger partial charge in [-0.25, -0.2) is 8.42 Å². The van der Waals surface area contributed by atoms with Gasteiger partial charge in [-0.3, -0.25) is 29.3 Å². The lowest BCUT2D eigenvalue weighted by atomic mass is 9.91. The van der Waals surface area contributed by atoms with Crippen molar-refractivity contribution in [1.82, 2.24) is 20.4 Å². The van der Waals surface area contributed by atoms with Gasteiger partial charge in [-0.05, 0) is 79.7 Å². The number of nitrogens with zero attached hydrogens (tertiary/aromatic N) is 2. The summed E-state index contributed by atoms with van der Waals surface area (Å²) in [5.74, 6) is 4.94. The molecule has 2 fully saturated rings. The normalized spacial score (nSPS) is 18.8. The number of benzene rings is 2. The van der Waals surface area contributed by atoms with Crippen molar-refractivity contribution in [1.29, 1.82) is 0 Å². The van der Waals surface area contributed by atoms with Crippen LogP contribution in [0.15, 0.2) is 42.5 Å². The van der Waals surface area contributed by atoms with Gasteiger partial charge in [0.05, 0.1) is 11.8 Å². The minimum atomic E-state index is -3.29. The second-order valence-corrected chi connectivity index (χ2v) is 16.8. The molecule has 0 bridgehead atoms. The van der Waals surface area contributed by atoms with Gasteiger partial charge >= 0.3 is 0 Å². The molecule has 3 heterocycles. The fourth-order valence-electron chi connectivity index (χ4n) is 7.21. The molecule has 3 aliphatic heterocycles. The summed E-state index contributed by atoms with van der Waals surface area (Å²) in [6.07, 6.45) is 8.13. The Morgan fingerprint density at radius 3 is 2.43 bits per heavy atom. The zero-order chi connectivity index (χ0) is 38.1. The summed E-state index contributed by atoms with van der Waals surface area (Å²) >= 11 is 0. The molecule has 3 atom stereocenters. The van der Waals surface area contributed by atoms with Gasteiger partial charge < -0.3 is 20.9 Å². The van der Waals surface area contributed by atoms with Crippen LogP contribution < -0.4 is 16.4 Å². The molecule has 2 aromatic rings. The molecule has 4 N–H and O–H groups in total. The Morgan fingerprint density at radius 2 is 1.75 bits per heavy atom. The van der Waals surface area contributed by atoms with E-state index in [0.717, 1.165) is 61.5 Å². The van der Waals surface area contributed by atoms with Gasteiger partial charge in [-0.2, -0.15) is 0 Å².